The predicted octanol–water partition coefficient (Wildman–Crippen LogP) is 2.02. The third-order valence-corrected chi connectivity index (χ3v) is 2.86. The SMILES string of the molecule is CN1CCC[C@H](c2ccccc2)C1=O. The van der Waals surface area contributed by atoms with Crippen molar-refractivity contribution in [3.8, 4) is 0 Å². The Kier molecular flexibility index (Phi) is 2.53. The molecule has 14 heavy (non-hydrogen) atoms. The maximum atomic E-state index is 11.9. The van der Waals surface area contributed by atoms with Crippen molar-refractivity contribution in [2.45, 2.75) is 18.8 Å². The second kappa shape index (κ2) is 3.82. The summed E-state index contributed by atoms with van der Waals surface area (Å²) in [6.45, 7) is 0.905. The van der Waals surface area contributed by atoms with Crippen LogP contribution in [0.15, 0.2) is 30.3 Å². The van der Waals surface area contributed by atoms with Gasteiger partial charge in [0, 0.05) is 13.6 Å². The summed E-state index contributed by atoms with van der Waals surface area (Å²) < 4.78 is 0. The zero-order valence-electron chi connectivity index (χ0n) is 8.44. The molecule has 1 aromatic carbocycles. The summed E-state index contributed by atoms with van der Waals surface area (Å²) in [5.41, 5.74) is 1.16. The lowest BCUT2D eigenvalue weighted by Gasteiger charge is -2.29. The maximum absolute atomic E-state index is 11.9. The molecule has 0 aliphatic carbocycles. The Labute approximate surface area is 84.5 Å². The number of hydrogen-bond acceptors (Lipinski definition) is 1. The van der Waals surface area contributed by atoms with E-state index in [2.05, 4.69) is 0 Å². The highest BCUT2D eigenvalue weighted by molar-refractivity contribution is 5.84. The quantitative estimate of drug-likeness (QED) is 0.662. The largest absolute Gasteiger partial charge is 0.345 e. The van der Waals surface area contributed by atoms with E-state index in [1.165, 1.54) is 0 Å². The van der Waals surface area contributed by atoms with Crippen molar-refractivity contribution in [2.24, 2.45) is 0 Å². The Balaban J connectivity index is 2.22. The molecular weight excluding hydrogens is 174 g/mol. The number of carbonyl (C=O) groups excluding carboxylic acids is 1. The summed E-state index contributed by atoms with van der Waals surface area (Å²) in [4.78, 5) is 13.7. The van der Waals surface area contributed by atoms with E-state index >= 15 is 0 Å². The molecule has 0 aromatic heterocycles. The summed E-state index contributed by atoms with van der Waals surface area (Å²) in [7, 11) is 1.89. The van der Waals surface area contributed by atoms with E-state index < -0.39 is 0 Å². The highest BCUT2D eigenvalue weighted by Gasteiger charge is 2.27. The van der Waals surface area contributed by atoms with Gasteiger partial charge in [0.1, 0.15) is 0 Å². The minimum atomic E-state index is 0.0925. The van der Waals surface area contributed by atoms with Gasteiger partial charge in [-0.25, -0.2) is 0 Å². The number of nitrogens with zero attached hydrogens (tertiary/aromatic N) is 1. The van der Waals surface area contributed by atoms with Crippen molar-refractivity contribution in [1.29, 1.82) is 0 Å². The number of likely N-dealkylation sites (N-methyl/N-ethyl adjacent to an activating group) is 1. The molecule has 1 saturated heterocycles. The van der Waals surface area contributed by atoms with Crippen LogP contribution in [0.2, 0.25) is 0 Å². The molecule has 1 aliphatic heterocycles. The Morgan fingerprint density at radius 1 is 1.29 bits per heavy atom. The molecule has 0 bridgehead atoms. The van der Waals surface area contributed by atoms with Crippen molar-refractivity contribution >= 4 is 5.91 Å². The molecule has 1 amide bonds. The van der Waals surface area contributed by atoms with Crippen LogP contribution in [0.4, 0.5) is 0 Å². The second-order valence-corrected chi connectivity index (χ2v) is 3.87. The molecule has 74 valence electrons. The number of piperidine rings is 1. The molecule has 2 heteroatoms. The van der Waals surface area contributed by atoms with Crippen molar-refractivity contribution in [2.75, 3.05) is 13.6 Å². The summed E-state index contributed by atoms with van der Waals surface area (Å²) in [5, 5.41) is 0. The molecule has 1 aromatic rings. The van der Waals surface area contributed by atoms with Gasteiger partial charge in [0.25, 0.3) is 0 Å². The van der Waals surface area contributed by atoms with Crippen molar-refractivity contribution in [3.63, 3.8) is 0 Å². The lowest BCUT2D eigenvalue weighted by Crippen LogP contribution is -2.36. The van der Waals surface area contributed by atoms with Crippen molar-refractivity contribution in [1.82, 2.24) is 4.90 Å². The van der Waals surface area contributed by atoms with Crippen LogP contribution in [0.25, 0.3) is 0 Å². The Bertz CT molecular complexity index is 320. The maximum Gasteiger partial charge on any atom is 0.229 e. The fourth-order valence-corrected chi connectivity index (χ4v) is 2.03. The zero-order chi connectivity index (χ0) is 9.97. The average Bonchev–Trinajstić information content (AvgIpc) is 2.23. The van der Waals surface area contributed by atoms with Gasteiger partial charge in [-0.3, -0.25) is 4.79 Å². The lowest BCUT2D eigenvalue weighted by molar-refractivity contribution is -0.133. The van der Waals surface area contributed by atoms with E-state index in [0.717, 1.165) is 24.9 Å². The van der Waals surface area contributed by atoms with Gasteiger partial charge in [-0.15, -0.1) is 0 Å². The van der Waals surface area contributed by atoms with Crippen LogP contribution in [0, 0.1) is 0 Å². The highest BCUT2D eigenvalue weighted by atomic mass is 16.2. The third-order valence-electron chi connectivity index (χ3n) is 2.86. The molecule has 0 radical (unpaired) electrons. The topological polar surface area (TPSA) is 20.3 Å². The van der Waals surface area contributed by atoms with E-state index in [0.29, 0.717) is 0 Å². The molecular formula is C12H15NO. The minimum Gasteiger partial charge on any atom is -0.345 e. The first-order chi connectivity index (χ1) is 6.79. The van der Waals surface area contributed by atoms with E-state index in [-0.39, 0.29) is 11.8 Å². The van der Waals surface area contributed by atoms with Gasteiger partial charge in [0.15, 0.2) is 0 Å². The highest BCUT2D eigenvalue weighted by Crippen LogP contribution is 2.26. The van der Waals surface area contributed by atoms with Crippen LogP contribution < -0.4 is 0 Å². The van der Waals surface area contributed by atoms with E-state index in [1.54, 1.807) is 0 Å². The monoisotopic (exact) mass is 189 g/mol. The van der Waals surface area contributed by atoms with Crippen molar-refractivity contribution in [3.05, 3.63) is 35.9 Å². The van der Waals surface area contributed by atoms with Crippen LogP contribution in [0.3, 0.4) is 0 Å². The molecule has 1 atom stereocenters. The minimum absolute atomic E-state index is 0.0925. The number of hydrogen-bond donors (Lipinski definition) is 0. The first-order valence-electron chi connectivity index (χ1n) is 5.09. The van der Waals surface area contributed by atoms with Gasteiger partial charge in [-0.2, -0.15) is 0 Å². The van der Waals surface area contributed by atoms with E-state index in [4.69, 9.17) is 0 Å². The molecule has 1 heterocycles. The van der Waals surface area contributed by atoms with Crippen LogP contribution in [-0.4, -0.2) is 24.4 Å². The molecule has 0 spiro atoms. The second-order valence-electron chi connectivity index (χ2n) is 3.87. The summed E-state index contributed by atoms with van der Waals surface area (Å²) in [6.07, 6.45) is 2.11. The molecule has 2 rings (SSSR count). The van der Waals surface area contributed by atoms with Gasteiger partial charge in [0.2, 0.25) is 5.91 Å². The van der Waals surface area contributed by atoms with Gasteiger partial charge >= 0.3 is 0 Å². The van der Waals surface area contributed by atoms with Gasteiger partial charge in [-0.05, 0) is 18.4 Å². The zero-order valence-corrected chi connectivity index (χ0v) is 8.44. The third kappa shape index (κ3) is 1.65. The van der Waals surface area contributed by atoms with Gasteiger partial charge in [-0.1, -0.05) is 30.3 Å². The Morgan fingerprint density at radius 3 is 2.71 bits per heavy atom. The molecule has 1 aliphatic rings. The molecule has 2 nitrogen and oxygen atoms in total. The van der Waals surface area contributed by atoms with Gasteiger partial charge < -0.3 is 4.90 Å². The van der Waals surface area contributed by atoms with Gasteiger partial charge in [0.05, 0.1) is 5.92 Å². The Hall–Kier alpha value is -1.31. The number of amides is 1. The Morgan fingerprint density at radius 2 is 2.00 bits per heavy atom. The number of likely N-dealkylation sites (tertiary alicyclic amines) is 1. The van der Waals surface area contributed by atoms with Crippen LogP contribution >= 0.6 is 0 Å². The number of benzene rings is 1. The van der Waals surface area contributed by atoms with Crippen LogP contribution in [0.5, 0.6) is 0 Å². The summed E-state index contributed by atoms with van der Waals surface area (Å²) in [6, 6.07) is 10.1. The molecule has 0 N–H and O–H groups in total. The first-order valence-corrected chi connectivity index (χ1v) is 5.09. The molecule has 1 fully saturated rings. The fraction of sp³-hybridized carbons (Fsp3) is 0.417. The normalized spacial score (nSPS) is 22.5. The predicted molar refractivity (Wildman–Crippen MR) is 56.1 cm³/mol. The van der Waals surface area contributed by atoms with Crippen molar-refractivity contribution < 1.29 is 4.79 Å². The fourth-order valence-electron chi connectivity index (χ4n) is 2.03. The molecule has 0 unspecified atom stereocenters. The smallest absolute Gasteiger partial charge is 0.229 e. The molecule has 0 saturated carbocycles. The van der Waals surface area contributed by atoms with E-state index in [1.807, 2.05) is 42.3 Å². The van der Waals surface area contributed by atoms with E-state index in [9.17, 15) is 4.79 Å². The number of rotatable bonds is 1. The summed E-state index contributed by atoms with van der Waals surface area (Å²) in [5.74, 6) is 0.359. The average molecular weight is 189 g/mol. The summed E-state index contributed by atoms with van der Waals surface area (Å²) >= 11 is 0. The van der Waals surface area contributed by atoms with Crippen LogP contribution in [-0.2, 0) is 4.79 Å². The first kappa shape index (κ1) is 9.25. The number of carbonyl (C=O) groups is 1. The van der Waals surface area contributed by atoms with Crippen LogP contribution in [0.1, 0.15) is 24.3 Å². The lowest BCUT2D eigenvalue weighted by atomic mass is 9.90. The standard InChI is InChI=1S/C12H15NO/c1-13-9-5-8-11(12(13)14)10-6-3-2-4-7-10/h2-4,6-7,11H,5,8-9H2,1H3/t11-/m1/s1.